The van der Waals surface area contributed by atoms with Gasteiger partial charge in [-0.25, -0.2) is 13.4 Å². The van der Waals surface area contributed by atoms with E-state index in [0.717, 1.165) is 22.6 Å². The average molecular weight is 386 g/mol. The van der Waals surface area contributed by atoms with Crippen molar-refractivity contribution in [1.29, 1.82) is 0 Å². The lowest BCUT2D eigenvalue weighted by atomic mass is 10.1. The predicted octanol–water partition coefficient (Wildman–Crippen LogP) is 4.38. The molecule has 0 aliphatic rings. The Morgan fingerprint density at radius 2 is 1.67 bits per heavy atom. The zero-order chi connectivity index (χ0) is 19.8. The third-order valence-corrected chi connectivity index (χ3v) is 5.82. The quantitative estimate of drug-likeness (QED) is 0.703. The Morgan fingerprint density at radius 3 is 2.22 bits per heavy atom. The highest BCUT2D eigenvalue weighted by Crippen LogP contribution is 2.28. The Balaban J connectivity index is 1.88. The number of nitrogens with one attached hydrogen (secondary N) is 1. The smallest absolute Gasteiger partial charge is 0.262 e. The van der Waals surface area contributed by atoms with Crippen LogP contribution in [0, 0.1) is 27.7 Å². The summed E-state index contributed by atoms with van der Waals surface area (Å²) in [6, 6.07) is 10.4. The molecular formula is C20H22N2O4S. The summed E-state index contributed by atoms with van der Waals surface area (Å²) < 4.78 is 38.9. The predicted molar refractivity (Wildman–Crippen MR) is 105 cm³/mol. The molecule has 142 valence electrons. The third-order valence-electron chi connectivity index (χ3n) is 4.30. The molecule has 27 heavy (non-hydrogen) atoms. The molecule has 3 aromatic rings. The maximum atomic E-state index is 12.8. The van der Waals surface area contributed by atoms with E-state index in [2.05, 4.69) is 9.71 Å². The van der Waals surface area contributed by atoms with Crippen LogP contribution in [-0.2, 0) is 10.0 Å². The van der Waals surface area contributed by atoms with Crippen LogP contribution >= 0.6 is 0 Å². The number of ether oxygens (including phenoxy) is 1. The molecule has 1 N–H and O–H groups in total. The van der Waals surface area contributed by atoms with Gasteiger partial charge in [0.25, 0.3) is 10.0 Å². The minimum absolute atomic E-state index is 0.229. The summed E-state index contributed by atoms with van der Waals surface area (Å²) in [4.78, 5) is 4.58. The fourth-order valence-corrected chi connectivity index (χ4v) is 4.35. The fraction of sp³-hybridized carbons (Fsp3) is 0.250. The van der Waals surface area contributed by atoms with Gasteiger partial charge in [0.05, 0.1) is 12.0 Å². The molecule has 0 saturated carbocycles. The van der Waals surface area contributed by atoms with Crippen molar-refractivity contribution in [2.75, 3.05) is 11.8 Å². The van der Waals surface area contributed by atoms with Gasteiger partial charge in [-0.3, -0.25) is 4.72 Å². The molecular weight excluding hydrogens is 364 g/mol. The van der Waals surface area contributed by atoms with Crippen LogP contribution in [0.3, 0.4) is 0 Å². The van der Waals surface area contributed by atoms with Gasteiger partial charge in [0.2, 0.25) is 0 Å². The molecule has 6 nitrogen and oxygen atoms in total. The summed E-state index contributed by atoms with van der Waals surface area (Å²) in [6.07, 6.45) is 0. The maximum absolute atomic E-state index is 12.8. The van der Waals surface area contributed by atoms with Gasteiger partial charge in [-0.05, 0) is 56.2 Å². The lowest BCUT2D eigenvalue weighted by Crippen LogP contribution is -2.14. The van der Waals surface area contributed by atoms with Gasteiger partial charge < -0.3 is 9.15 Å². The van der Waals surface area contributed by atoms with Crippen LogP contribution < -0.4 is 9.46 Å². The highest BCUT2D eigenvalue weighted by molar-refractivity contribution is 7.92. The fourth-order valence-electron chi connectivity index (χ4n) is 2.98. The molecule has 0 amide bonds. The van der Waals surface area contributed by atoms with E-state index >= 15 is 0 Å². The lowest BCUT2D eigenvalue weighted by molar-refractivity contribution is 0.411. The third kappa shape index (κ3) is 3.83. The van der Waals surface area contributed by atoms with Crippen LogP contribution in [0.25, 0.3) is 11.3 Å². The van der Waals surface area contributed by atoms with E-state index in [0.29, 0.717) is 22.9 Å². The number of sulfonamides is 1. The van der Waals surface area contributed by atoms with Crippen molar-refractivity contribution in [3.63, 3.8) is 0 Å². The Bertz CT molecular complexity index is 1080. The first kappa shape index (κ1) is 19.0. The Morgan fingerprint density at radius 1 is 1.00 bits per heavy atom. The molecule has 0 bridgehead atoms. The molecule has 0 unspecified atom stereocenters. The number of aryl methyl sites for hydroxylation is 4. The molecule has 0 aliphatic heterocycles. The second-order valence-corrected chi connectivity index (χ2v) is 8.06. The molecule has 3 rings (SSSR count). The number of aromatic nitrogens is 1. The highest BCUT2D eigenvalue weighted by atomic mass is 32.2. The maximum Gasteiger partial charge on any atom is 0.262 e. The molecule has 1 heterocycles. The Labute approximate surface area is 159 Å². The minimum Gasteiger partial charge on any atom is -0.496 e. The van der Waals surface area contributed by atoms with Crippen LogP contribution in [0.1, 0.15) is 22.8 Å². The zero-order valence-electron chi connectivity index (χ0n) is 16.0. The molecule has 0 fully saturated rings. The van der Waals surface area contributed by atoms with Gasteiger partial charge >= 0.3 is 0 Å². The first-order valence-corrected chi connectivity index (χ1v) is 9.92. The first-order valence-electron chi connectivity index (χ1n) is 8.44. The summed E-state index contributed by atoms with van der Waals surface area (Å²) in [5.41, 5.74) is 3.47. The first-order chi connectivity index (χ1) is 12.7. The van der Waals surface area contributed by atoms with Gasteiger partial charge in [-0.1, -0.05) is 12.1 Å². The largest absolute Gasteiger partial charge is 0.496 e. The average Bonchev–Trinajstić information content (AvgIpc) is 2.95. The van der Waals surface area contributed by atoms with Crippen LogP contribution in [-0.4, -0.2) is 20.5 Å². The van der Waals surface area contributed by atoms with Gasteiger partial charge in [-0.15, -0.1) is 0 Å². The van der Waals surface area contributed by atoms with Gasteiger partial charge in [0.1, 0.15) is 17.2 Å². The van der Waals surface area contributed by atoms with Crippen molar-refractivity contribution in [3.05, 3.63) is 59.2 Å². The number of rotatable bonds is 5. The summed E-state index contributed by atoms with van der Waals surface area (Å²) in [6.45, 7) is 7.20. The van der Waals surface area contributed by atoms with E-state index in [1.165, 1.54) is 0 Å². The standard InChI is InChI=1S/C20H22N2O4S/c1-12-11-19(13(2)10-18(12)25-5)27(23,24)22-17-8-6-16(7-9-17)20-14(3)26-15(4)21-20/h6-11,22H,1-5H3. The van der Waals surface area contributed by atoms with Crippen molar-refractivity contribution in [2.24, 2.45) is 0 Å². The number of hydrogen-bond acceptors (Lipinski definition) is 5. The summed E-state index contributed by atoms with van der Waals surface area (Å²) in [7, 11) is -2.15. The summed E-state index contributed by atoms with van der Waals surface area (Å²) in [5, 5.41) is 0. The van der Waals surface area contributed by atoms with E-state index in [4.69, 9.17) is 9.15 Å². The van der Waals surface area contributed by atoms with Crippen LogP contribution in [0.15, 0.2) is 45.7 Å². The van der Waals surface area contributed by atoms with Crippen molar-refractivity contribution >= 4 is 15.7 Å². The van der Waals surface area contributed by atoms with E-state index in [1.807, 2.05) is 26.0 Å². The Hall–Kier alpha value is -2.80. The number of benzene rings is 2. The second kappa shape index (κ2) is 7.08. The number of anilines is 1. The van der Waals surface area contributed by atoms with Crippen molar-refractivity contribution in [1.82, 2.24) is 4.98 Å². The van der Waals surface area contributed by atoms with Gasteiger partial charge in [0.15, 0.2) is 5.89 Å². The van der Waals surface area contributed by atoms with Crippen molar-refractivity contribution in [2.45, 2.75) is 32.6 Å². The van der Waals surface area contributed by atoms with Crippen molar-refractivity contribution < 1.29 is 17.6 Å². The van der Waals surface area contributed by atoms with Crippen molar-refractivity contribution in [3.8, 4) is 17.0 Å². The van der Waals surface area contributed by atoms with Crippen LogP contribution in [0.2, 0.25) is 0 Å². The van der Waals surface area contributed by atoms with Gasteiger partial charge in [-0.2, -0.15) is 0 Å². The zero-order valence-corrected chi connectivity index (χ0v) is 16.8. The van der Waals surface area contributed by atoms with E-state index in [-0.39, 0.29) is 4.90 Å². The van der Waals surface area contributed by atoms with E-state index in [9.17, 15) is 8.42 Å². The summed E-state index contributed by atoms with van der Waals surface area (Å²) >= 11 is 0. The molecule has 0 atom stereocenters. The molecule has 7 heteroatoms. The van der Waals surface area contributed by atoms with Gasteiger partial charge in [0, 0.05) is 18.2 Å². The number of oxazole rings is 1. The molecule has 1 aromatic heterocycles. The molecule has 2 aromatic carbocycles. The number of hydrogen-bond donors (Lipinski definition) is 1. The topological polar surface area (TPSA) is 81.4 Å². The number of nitrogens with zero attached hydrogens (tertiary/aromatic N) is 1. The Kier molecular flexibility index (Phi) is 4.97. The highest BCUT2D eigenvalue weighted by Gasteiger charge is 2.19. The minimum atomic E-state index is -3.71. The normalized spacial score (nSPS) is 11.4. The summed E-state index contributed by atoms with van der Waals surface area (Å²) in [5.74, 6) is 1.98. The van der Waals surface area contributed by atoms with Crippen LogP contribution in [0.4, 0.5) is 5.69 Å². The molecule has 0 aliphatic carbocycles. The van der Waals surface area contributed by atoms with E-state index in [1.54, 1.807) is 45.2 Å². The lowest BCUT2D eigenvalue weighted by Gasteiger charge is -2.13. The number of methoxy groups -OCH3 is 1. The molecule has 0 spiro atoms. The van der Waals surface area contributed by atoms with Crippen LogP contribution in [0.5, 0.6) is 5.75 Å². The van der Waals surface area contributed by atoms with E-state index < -0.39 is 10.0 Å². The molecule has 0 radical (unpaired) electrons. The SMILES string of the molecule is COc1cc(C)c(S(=O)(=O)Nc2ccc(-c3nc(C)oc3C)cc2)cc1C. The monoisotopic (exact) mass is 386 g/mol. The second-order valence-electron chi connectivity index (χ2n) is 6.41. The molecule has 0 saturated heterocycles.